The van der Waals surface area contributed by atoms with E-state index >= 15 is 0 Å². The van der Waals surface area contributed by atoms with Crippen molar-refractivity contribution in [3.63, 3.8) is 0 Å². The molecule has 0 radical (unpaired) electrons. The van der Waals surface area contributed by atoms with Crippen LogP contribution in [0.4, 0.5) is 0 Å². The van der Waals surface area contributed by atoms with Gasteiger partial charge in [-0.25, -0.2) is 19.9 Å². The van der Waals surface area contributed by atoms with Crippen molar-refractivity contribution in [2.24, 2.45) is 0 Å². The SMILES string of the molecule is CC1(C)c2cc3c(cc2-c2cc4c5ccccc5n(-c5nc(-c6ccccc6)c6c(=O)n(-c7ccccc7)c7ccccc7c6n5)c4cc21)c1ccccc1n3-c1ccccc1.CC1(C)c2cc3c(cc2-c2cc4c5ccccc5n(-c5ncc6c(=O)n(-c7ccccc7)c7ccccc7c6n5)c4cc21)c1ccccc1n3-c1ccccc1. The Kier molecular flexibility index (Phi) is 14.3. The maximum absolute atomic E-state index is 15.0. The van der Waals surface area contributed by atoms with Crippen molar-refractivity contribution in [1.82, 2.24) is 47.3 Å². The van der Waals surface area contributed by atoms with Crippen molar-refractivity contribution in [1.29, 1.82) is 0 Å². The first-order valence-corrected chi connectivity index (χ1v) is 40.2. The van der Waals surface area contributed by atoms with Crippen LogP contribution in [0.2, 0.25) is 0 Å². The summed E-state index contributed by atoms with van der Waals surface area (Å²) in [5.74, 6) is 1.06. The van der Waals surface area contributed by atoms with Crippen LogP contribution in [0.15, 0.2) is 362 Å². The van der Waals surface area contributed by atoms with E-state index in [9.17, 15) is 9.59 Å². The molecular weight excluding hydrogens is 1450 g/mol. The fourth-order valence-electron chi connectivity index (χ4n) is 19.9. The molecule has 2 aliphatic rings. The van der Waals surface area contributed by atoms with Crippen LogP contribution in [0.3, 0.4) is 0 Å². The Morgan fingerprint density at radius 2 is 0.525 bits per heavy atom. The molecular formula is C106H70N10O2. The number of hydrogen-bond donors (Lipinski definition) is 0. The normalized spacial score (nSPS) is 13.3. The van der Waals surface area contributed by atoms with Crippen LogP contribution in [-0.4, -0.2) is 47.3 Å². The Morgan fingerprint density at radius 1 is 0.237 bits per heavy atom. The van der Waals surface area contributed by atoms with Crippen LogP contribution < -0.4 is 11.1 Å². The first kappa shape index (κ1) is 67.1. The molecule has 0 saturated heterocycles. The molecule has 0 bridgehead atoms. The number of hydrogen-bond acceptors (Lipinski definition) is 6. The lowest BCUT2D eigenvalue weighted by Crippen LogP contribution is -2.21. The summed E-state index contributed by atoms with van der Waals surface area (Å²) in [6.45, 7) is 9.38. The molecule has 8 aromatic heterocycles. The molecule has 2 aliphatic carbocycles. The molecule has 0 spiro atoms. The summed E-state index contributed by atoms with van der Waals surface area (Å²) in [4.78, 5) is 50.2. The van der Waals surface area contributed by atoms with E-state index < -0.39 is 0 Å². The van der Waals surface area contributed by atoms with Gasteiger partial charge >= 0.3 is 0 Å². The second kappa shape index (κ2) is 25.1. The smallest absolute Gasteiger partial charge is 0.267 e. The maximum atomic E-state index is 15.0. The van der Waals surface area contributed by atoms with Crippen molar-refractivity contribution >= 4 is 131 Å². The highest BCUT2D eigenvalue weighted by Crippen LogP contribution is 2.56. The molecule has 0 unspecified atom stereocenters. The number of rotatable bonds is 7. The van der Waals surface area contributed by atoms with Gasteiger partial charge in [-0.1, -0.05) is 240 Å². The van der Waals surface area contributed by atoms with Crippen LogP contribution >= 0.6 is 0 Å². The highest BCUT2D eigenvalue weighted by Gasteiger charge is 2.40. The molecule has 556 valence electrons. The lowest BCUT2D eigenvalue weighted by molar-refractivity contribution is 0.661. The number of nitrogens with zero attached hydrogens (tertiary/aromatic N) is 10. The van der Waals surface area contributed by atoms with Crippen LogP contribution in [0, 0.1) is 0 Å². The Bertz CT molecular complexity index is 8400. The molecule has 0 saturated carbocycles. The molecule has 118 heavy (non-hydrogen) atoms. The standard InChI is InChI=1S/C56H37N5O.C50H33N5O/c1-56(2)44-32-49-42(37-24-12-15-27-46(37)59(49)35-20-8-4-9-21-35)30-40(44)41-31-43-38-25-13-16-28-47(38)61(50(43)33-45(41)56)55-57-52(34-18-6-3-7-19-34)51-53(58-55)39-26-14-17-29-48(39)60(54(51)62)36-22-10-5-11-23-36;1-50(2)40-27-45-37(32-19-9-12-22-42(32)53(45)30-15-5-3-6-16-30)25-35(40)36-26-38-33-20-10-13-23-43(33)55(46(38)28-41(36)50)49-51-29-39-47(52-49)34-21-11-14-24-44(34)54(48(39)56)31-17-7-4-8-18-31/h3-33H,1-2H3;3-29H,1-2H3. The van der Waals surface area contributed by atoms with Crippen molar-refractivity contribution in [3.05, 3.63) is 395 Å². The lowest BCUT2D eigenvalue weighted by Gasteiger charge is -2.22. The fraction of sp³-hybridized carbons (Fsp3) is 0.0566. The van der Waals surface area contributed by atoms with E-state index in [1.807, 2.05) is 133 Å². The molecule has 0 atom stereocenters. The van der Waals surface area contributed by atoms with E-state index in [0.717, 1.165) is 93.7 Å². The lowest BCUT2D eigenvalue weighted by atomic mass is 9.82. The summed E-state index contributed by atoms with van der Waals surface area (Å²) < 4.78 is 12.7. The summed E-state index contributed by atoms with van der Waals surface area (Å²) in [5, 5.41) is 12.2. The van der Waals surface area contributed by atoms with E-state index in [2.05, 4.69) is 258 Å². The quantitative estimate of drug-likeness (QED) is 0.147. The molecule has 0 N–H and O–H groups in total. The molecule has 0 aliphatic heterocycles. The van der Waals surface area contributed by atoms with Crippen LogP contribution in [-0.2, 0) is 10.8 Å². The first-order chi connectivity index (χ1) is 57.9. The third-order valence-electron chi connectivity index (χ3n) is 25.3. The zero-order chi connectivity index (χ0) is 78.6. The van der Waals surface area contributed by atoms with Gasteiger partial charge in [-0.2, -0.15) is 0 Å². The average molecular weight is 1520 g/mol. The third-order valence-corrected chi connectivity index (χ3v) is 25.3. The van der Waals surface area contributed by atoms with Gasteiger partial charge in [-0.05, 0) is 178 Å². The Labute approximate surface area is 675 Å². The minimum atomic E-state index is -0.315. The molecule has 23 aromatic rings. The van der Waals surface area contributed by atoms with Crippen molar-refractivity contribution in [2.75, 3.05) is 0 Å². The van der Waals surface area contributed by atoms with E-state index in [4.69, 9.17) is 19.9 Å². The number of pyridine rings is 2. The number of benzene rings is 15. The Balaban J connectivity index is 0.000000135. The molecule has 12 nitrogen and oxygen atoms in total. The molecule has 0 fully saturated rings. The summed E-state index contributed by atoms with van der Waals surface area (Å²) >= 11 is 0. The molecule has 15 aromatic carbocycles. The van der Waals surface area contributed by atoms with Crippen molar-refractivity contribution in [3.8, 4) is 68.2 Å². The molecule has 25 rings (SSSR count). The van der Waals surface area contributed by atoms with Crippen molar-refractivity contribution < 1.29 is 0 Å². The minimum absolute atomic E-state index is 0.142. The summed E-state index contributed by atoms with van der Waals surface area (Å²) in [5.41, 5.74) is 26.4. The van der Waals surface area contributed by atoms with Gasteiger partial charge in [-0.15, -0.1) is 0 Å². The highest BCUT2D eigenvalue weighted by atomic mass is 16.1. The zero-order valence-corrected chi connectivity index (χ0v) is 64.8. The Morgan fingerprint density at radius 3 is 0.915 bits per heavy atom. The predicted octanol–water partition coefficient (Wildman–Crippen LogP) is 24.5. The van der Waals surface area contributed by atoms with Gasteiger partial charge in [0.25, 0.3) is 11.1 Å². The van der Waals surface area contributed by atoms with Crippen LogP contribution in [0.25, 0.3) is 199 Å². The minimum Gasteiger partial charge on any atom is -0.309 e. The van der Waals surface area contributed by atoms with Gasteiger partial charge in [0, 0.05) is 99.2 Å². The number of aromatic nitrogens is 10. The number of para-hydroxylation sites is 10. The van der Waals surface area contributed by atoms with Gasteiger partial charge in [0.1, 0.15) is 0 Å². The van der Waals surface area contributed by atoms with E-state index in [0.29, 0.717) is 39.4 Å². The predicted molar refractivity (Wildman–Crippen MR) is 483 cm³/mol. The summed E-state index contributed by atoms with van der Waals surface area (Å²) in [7, 11) is 0. The summed E-state index contributed by atoms with van der Waals surface area (Å²) in [6, 6.07) is 121. The monoisotopic (exact) mass is 1510 g/mol. The van der Waals surface area contributed by atoms with Crippen LogP contribution in [0.1, 0.15) is 49.9 Å². The maximum Gasteiger partial charge on any atom is 0.267 e. The zero-order valence-electron chi connectivity index (χ0n) is 64.8. The second-order valence-electron chi connectivity index (χ2n) is 32.4. The molecule has 8 heterocycles. The first-order valence-electron chi connectivity index (χ1n) is 40.2. The average Bonchev–Trinajstić information content (AvgIpc) is 1.36. The Hall–Kier alpha value is -15.4. The molecule has 12 heteroatoms. The topological polar surface area (TPSA) is 115 Å². The van der Waals surface area contributed by atoms with Gasteiger partial charge in [0.2, 0.25) is 11.9 Å². The fourth-order valence-corrected chi connectivity index (χ4v) is 19.9. The van der Waals surface area contributed by atoms with Gasteiger partial charge in [0.15, 0.2) is 0 Å². The van der Waals surface area contributed by atoms with Gasteiger partial charge in [0.05, 0.1) is 82.7 Å². The van der Waals surface area contributed by atoms with Crippen LogP contribution in [0.5, 0.6) is 0 Å². The van der Waals surface area contributed by atoms with Gasteiger partial charge < -0.3 is 9.13 Å². The third kappa shape index (κ3) is 9.53. The summed E-state index contributed by atoms with van der Waals surface area (Å²) in [6.07, 6.45) is 1.71. The number of fused-ring (bicyclic) bond motifs is 24. The second-order valence-corrected chi connectivity index (χ2v) is 32.4. The highest BCUT2D eigenvalue weighted by molar-refractivity contribution is 6.18. The van der Waals surface area contributed by atoms with E-state index in [-0.39, 0.29) is 21.9 Å². The molecule has 0 amide bonds. The van der Waals surface area contributed by atoms with E-state index in [1.165, 1.54) is 88.1 Å². The van der Waals surface area contributed by atoms with E-state index in [1.54, 1.807) is 15.3 Å². The van der Waals surface area contributed by atoms with Crippen molar-refractivity contribution in [2.45, 2.75) is 38.5 Å². The largest absolute Gasteiger partial charge is 0.309 e. The van der Waals surface area contributed by atoms with Gasteiger partial charge in [-0.3, -0.25) is 27.9 Å².